The lowest BCUT2D eigenvalue weighted by molar-refractivity contribution is 0.205. The largest absolute Gasteiger partial charge is 0.483 e. The molecule has 0 saturated carbocycles. The summed E-state index contributed by atoms with van der Waals surface area (Å²) in [6.07, 6.45) is 3.04. The van der Waals surface area contributed by atoms with Crippen LogP contribution in [0.5, 0.6) is 0 Å². The molecule has 0 aliphatic carbocycles. The Kier molecular flexibility index (Phi) is 1.42. The first-order chi connectivity index (χ1) is 3.84. The highest BCUT2D eigenvalue weighted by Crippen LogP contribution is 2.14. The number of hydrogen-bond donors (Lipinski definition) is 0. The Bertz CT molecular complexity index is 109. The number of ether oxygens (including phenoxy) is 1. The van der Waals surface area contributed by atoms with E-state index < -0.39 is 0 Å². The van der Waals surface area contributed by atoms with Gasteiger partial charge in [0, 0.05) is 7.05 Å². The lowest BCUT2D eigenvalue weighted by atomic mass is 10.5. The smallest absolute Gasteiger partial charge is 0.184 e. The van der Waals surface area contributed by atoms with E-state index in [9.17, 15) is 0 Å². The Morgan fingerprint density at radius 3 is 2.75 bits per heavy atom. The highest BCUT2D eigenvalue weighted by atomic mass is 16.5. The summed E-state index contributed by atoms with van der Waals surface area (Å²) in [5.74, 6) is 0.949. The molecule has 8 heavy (non-hydrogen) atoms. The maximum Gasteiger partial charge on any atom is 0.184 e. The highest BCUT2D eigenvalue weighted by molar-refractivity contribution is 5.03. The van der Waals surface area contributed by atoms with Crippen LogP contribution >= 0.6 is 0 Å². The van der Waals surface area contributed by atoms with Gasteiger partial charge in [-0.25, -0.2) is 0 Å². The van der Waals surface area contributed by atoms with Crippen molar-refractivity contribution in [3.8, 4) is 0 Å². The van der Waals surface area contributed by atoms with Gasteiger partial charge in [-0.1, -0.05) is 0 Å². The monoisotopic (exact) mass is 112 g/mol. The third-order valence-electron chi connectivity index (χ3n) is 1.23. The normalized spacial score (nSPS) is 18.8. The minimum atomic E-state index is 0.949. The maximum absolute atomic E-state index is 4.98. The first-order valence-electron chi connectivity index (χ1n) is 2.65. The van der Waals surface area contributed by atoms with E-state index in [1.165, 1.54) is 0 Å². The highest BCUT2D eigenvalue weighted by Gasteiger charge is 2.09. The summed E-state index contributed by atoms with van der Waals surface area (Å²) < 4.78 is 4.98. The zero-order valence-electron chi connectivity index (χ0n) is 5.22. The fraction of sp³-hybridized carbons (Fsp3) is 0.500. The molecule has 1 aliphatic rings. The lowest BCUT2D eigenvalue weighted by Gasteiger charge is -2.12. The van der Waals surface area contributed by atoms with Gasteiger partial charge >= 0.3 is 0 Å². The number of nitrogens with zero attached hydrogens (tertiary/aromatic N) is 1. The molecule has 2 nitrogen and oxygen atoms in total. The number of hydrogen-bond acceptors (Lipinski definition) is 2. The van der Waals surface area contributed by atoms with Crippen molar-refractivity contribution in [1.82, 2.24) is 4.90 Å². The van der Waals surface area contributed by atoms with E-state index in [2.05, 4.69) is 6.54 Å². The fourth-order valence-electron chi connectivity index (χ4n) is 0.773. The van der Waals surface area contributed by atoms with Crippen LogP contribution in [0.4, 0.5) is 0 Å². The Labute approximate surface area is 49.7 Å². The van der Waals surface area contributed by atoms with E-state index in [0.29, 0.717) is 0 Å². The summed E-state index contributed by atoms with van der Waals surface area (Å²) in [5.41, 5.74) is 0. The zero-order valence-corrected chi connectivity index (χ0v) is 5.22. The van der Waals surface area contributed by atoms with Crippen LogP contribution in [-0.4, -0.2) is 19.1 Å². The maximum atomic E-state index is 4.98. The van der Waals surface area contributed by atoms with E-state index in [1.54, 1.807) is 7.11 Å². The van der Waals surface area contributed by atoms with Gasteiger partial charge in [0.15, 0.2) is 5.88 Å². The molecular formula is C6H10NO. The molecule has 1 aliphatic heterocycles. The molecule has 0 amide bonds. The Balaban J connectivity index is 2.49. The van der Waals surface area contributed by atoms with Crippen LogP contribution in [0.3, 0.4) is 0 Å². The Morgan fingerprint density at radius 1 is 1.75 bits per heavy atom. The third kappa shape index (κ3) is 0.782. The fourth-order valence-corrected chi connectivity index (χ4v) is 0.773. The molecule has 1 radical (unpaired) electrons. The molecule has 0 aromatic heterocycles. The third-order valence-corrected chi connectivity index (χ3v) is 1.23. The van der Waals surface area contributed by atoms with Gasteiger partial charge in [0.1, 0.15) is 0 Å². The molecule has 1 heterocycles. The number of methoxy groups -OCH3 is 1. The summed E-state index contributed by atoms with van der Waals surface area (Å²) >= 11 is 0. The minimum absolute atomic E-state index is 0.949. The van der Waals surface area contributed by atoms with Crippen LogP contribution in [0.15, 0.2) is 12.0 Å². The van der Waals surface area contributed by atoms with Crippen molar-refractivity contribution in [2.45, 2.75) is 6.42 Å². The summed E-state index contributed by atoms with van der Waals surface area (Å²) in [6, 6.07) is 0. The topological polar surface area (TPSA) is 12.5 Å². The molecule has 0 unspecified atom stereocenters. The molecule has 1 rings (SSSR count). The molecule has 0 spiro atoms. The second-order valence-corrected chi connectivity index (χ2v) is 1.78. The van der Waals surface area contributed by atoms with Crippen molar-refractivity contribution in [2.75, 3.05) is 14.2 Å². The van der Waals surface area contributed by atoms with Crippen LogP contribution in [0.2, 0.25) is 0 Å². The molecule has 2 heteroatoms. The standard InChI is InChI=1S/C6H10NO/c1-7-5-3-4-6(7)8-2/h4-5H,3H2,1-2H3. The minimum Gasteiger partial charge on any atom is -0.483 e. The second-order valence-electron chi connectivity index (χ2n) is 1.78. The van der Waals surface area contributed by atoms with Gasteiger partial charge in [-0.15, -0.1) is 0 Å². The average molecular weight is 112 g/mol. The van der Waals surface area contributed by atoms with Crippen LogP contribution < -0.4 is 0 Å². The van der Waals surface area contributed by atoms with Crippen LogP contribution in [-0.2, 0) is 4.74 Å². The van der Waals surface area contributed by atoms with E-state index in [0.717, 1.165) is 12.3 Å². The van der Waals surface area contributed by atoms with E-state index >= 15 is 0 Å². The van der Waals surface area contributed by atoms with Crippen molar-refractivity contribution in [1.29, 1.82) is 0 Å². The molecule has 0 aromatic carbocycles. The molecule has 0 N–H and O–H groups in total. The predicted molar refractivity (Wildman–Crippen MR) is 31.8 cm³/mol. The van der Waals surface area contributed by atoms with Crippen molar-refractivity contribution < 1.29 is 4.74 Å². The quantitative estimate of drug-likeness (QED) is 0.501. The van der Waals surface area contributed by atoms with Gasteiger partial charge in [0.05, 0.1) is 13.7 Å². The van der Waals surface area contributed by atoms with Crippen molar-refractivity contribution in [3.05, 3.63) is 18.5 Å². The SMILES string of the molecule is COC1=CC[CH]N1C. The summed E-state index contributed by atoms with van der Waals surface area (Å²) in [5, 5.41) is 0. The van der Waals surface area contributed by atoms with Gasteiger partial charge < -0.3 is 9.64 Å². The Hall–Kier alpha value is -0.660. The Morgan fingerprint density at radius 2 is 2.50 bits per heavy atom. The van der Waals surface area contributed by atoms with Gasteiger partial charge in [0.25, 0.3) is 0 Å². The second kappa shape index (κ2) is 2.07. The van der Waals surface area contributed by atoms with Crippen LogP contribution in [0, 0.1) is 6.54 Å². The van der Waals surface area contributed by atoms with E-state index in [4.69, 9.17) is 4.74 Å². The van der Waals surface area contributed by atoms with Crippen molar-refractivity contribution in [3.63, 3.8) is 0 Å². The van der Waals surface area contributed by atoms with E-state index in [-0.39, 0.29) is 0 Å². The van der Waals surface area contributed by atoms with Gasteiger partial charge in [-0.05, 0) is 12.5 Å². The van der Waals surface area contributed by atoms with Gasteiger partial charge in [0.2, 0.25) is 0 Å². The molecule has 0 saturated heterocycles. The average Bonchev–Trinajstić information content (AvgIpc) is 2.14. The molecular weight excluding hydrogens is 102 g/mol. The molecule has 0 atom stereocenters. The summed E-state index contributed by atoms with van der Waals surface area (Å²) in [7, 11) is 3.66. The lowest BCUT2D eigenvalue weighted by Crippen LogP contribution is -2.09. The van der Waals surface area contributed by atoms with Crippen molar-refractivity contribution >= 4 is 0 Å². The summed E-state index contributed by atoms with van der Waals surface area (Å²) in [6.45, 7) is 2.07. The first-order valence-corrected chi connectivity index (χ1v) is 2.65. The van der Waals surface area contributed by atoms with Gasteiger partial charge in [-0.2, -0.15) is 0 Å². The van der Waals surface area contributed by atoms with Gasteiger partial charge in [-0.3, -0.25) is 0 Å². The molecule has 0 bridgehead atoms. The van der Waals surface area contributed by atoms with Crippen LogP contribution in [0.1, 0.15) is 6.42 Å². The zero-order chi connectivity index (χ0) is 5.98. The first kappa shape index (κ1) is 5.48. The number of rotatable bonds is 1. The molecule has 0 aromatic rings. The molecule has 45 valence electrons. The van der Waals surface area contributed by atoms with Crippen LogP contribution in [0.25, 0.3) is 0 Å². The van der Waals surface area contributed by atoms with E-state index in [1.807, 2.05) is 18.0 Å². The summed E-state index contributed by atoms with van der Waals surface area (Å²) in [4.78, 5) is 1.97. The predicted octanol–water partition coefficient (Wildman–Crippen LogP) is 0.971. The molecule has 0 fully saturated rings. The van der Waals surface area contributed by atoms with Crippen molar-refractivity contribution in [2.24, 2.45) is 0 Å².